The molecule has 0 radical (unpaired) electrons. The minimum absolute atomic E-state index is 0.0649. The standard InChI is InChI=1S/C22H28O7/c1-12-4-9-17-13(2)19(25-15-7-5-14(6-8-15)18(23)24)26-20-22(17)16(12)10-11-21(3,27-20)28-29-22/h5-8,12-13,16-17,19-20H,4,9-11H2,1-3H3,(H,23,24)/t12-,13-,16+,17?,19?,20-,21+,22?/m1/s1. The molecule has 4 saturated heterocycles. The molecular formula is C22H28O7. The van der Waals surface area contributed by atoms with Crippen molar-refractivity contribution < 1.29 is 33.9 Å². The lowest BCUT2D eigenvalue weighted by Gasteiger charge is -2.60. The van der Waals surface area contributed by atoms with Gasteiger partial charge in [0, 0.05) is 18.3 Å². The third kappa shape index (κ3) is 2.90. The van der Waals surface area contributed by atoms with Crippen LogP contribution in [0.15, 0.2) is 24.3 Å². The van der Waals surface area contributed by atoms with E-state index >= 15 is 0 Å². The van der Waals surface area contributed by atoms with Gasteiger partial charge >= 0.3 is 5.97 Å². The van der Waals surface area contributed by atoms with Crippen LogP contribution >= 0.6 is 0 Å². The molecule has 1 aliphatic carbocycles. The highest BCUT2D eigenvalue weighted by molar-refractivity contribution is 5.87. The van der Waals surface area contributed by atoms with Gasteiger partial charge < -0.3 is 19.3 Å². The largest absolute Gasteiger partial charge is 0.478 e. The van der Waals surface area contributed by atoms with Crippen LogP contribution in [-0.2, 0) is 19.2 Å². The van der Waals surface area contributed by atoms with Gasteiger partial charge in [-0.2, -0.15) is 0 Å². The first-order chi connectivity index (χ1) is 13.8. The Morgan fingerprint density at radius 2 is 1.86 bits per heavy atom. The van der Waals surface area contributed by atoms with Crippen molar-refractivity contribution in [3.8, 4) is 5.75 Å². The molecule has 158 valence electrons. The number of carboxylic acids is 1. The molecule has 1 aromatic carbocycles. The van der Waals surface area contributed by atoms with Crippen molar-refractivity contribution in [2.75, 3.05) is 0 Å². The van der Waals surface area contributed by atoms with Crippen LogP contribution < -0.4 is 4.74 Å². The summed E-state index contributed by atoms with van der Waals surface area (Å²) < 4.78 is 18.8. The van der Waals surface area contributed by atoms with Gasteiger partial charge in [-0.3, -0.25) is 0 Å². The molecule has 6 rings (SSSR count). The molecular weight excluding hydrogens is 376 g/mol. The van der Waals surface area contributed by atoms with Crippen molar-refractivity contribution in [1.29, 1.82) is 0 Å². The molecule has 1 saturated carbocycles. The van der Waals surface area contributed by atoms with Gasteiger partial charge in [-0.1, -0.05) is 13.8 Å². The molecule has 0 amide bonds. The van der Waals surface area contributed by atoms with E-state index in [4.69, 9.17) is 29.1 Å². The fourth-order valence-corrected chi connectivity index (χ4v) is 5.82. The summed E-state index contributed by atoms with van der Waals surface area (Å²) in [6, 6.07) is 6.40. The van der Waals surface area contributed by atoms with Gasteiger partial charge in [0.05, 0.1) is 5.56 Å². The van der Waals surface area contributed by atoms with Crippen molar-refractivity contribution in [3.05, 3.63) is 29.8 Å². The maximum absolute atomic E-state index is 11.1. The van der Waals surface area contributed by atoms with Crippen molar-refractivity contribution in [2.45, 2.75) is 70.4 Å². The van der Waals surface area contributed by atoms with E-state index in [9.17, 15) is 4.79 Å². The van der Waals surface area contributed by atoms with Gasteiger partial charge in [-0.05, 0) is 62.3 Å². The number of hydrogen-bond donors (Lipinski definition) is 1. The molecule has 1 N–H and O–H groups in total. The molecule has 7 nitrogen and oxygen atoms in total. The normalized spacial score (nSPS) is 45.9. The smallest absolute Gasteiger partial charge is 0.335 e. The van der Waals surface area contributed by atoms with E-state index < -0.39 is 29.9 Å². The molecule has 5 fully saturated rings. The van der Waals surface area contributed by atoms with E-state index in [1.807, 2.05) is 6.92 Å². The molecule has 7 heteroatoms. The Hall–Kier alpha value is -1.67. The van der Waals surface area contributed by atoms with Crippen molar-refractivity contribution >= 4 is 5.97 Å². The zero-order valence-corrected chi connectivity index (χ0v) is 17.0. The van der Waals surface area contributed by atoms with E-state index in [0.29, 0.717) is 17.6 Å². The Balaban J connectivity index is 1.44. The number of rotatable bonds is 3. The van der Waals surface area contributed by atoms with Crippen molar-refractivity contribution in [2.24, 2.45) is 23.7 Å². The van der Waals surface area contributed by atoms with Crippen LogP contribution in [0.3, 0.4) is 0 Å². The zero-order valence-electron chi connectivity index (χ0n) is 17.0. The van der Waals surface area contributed by atoms with Gasteiger partial charge in [0.2, 0.25) is 12.1 Å². The maximum atomic E-state index is 11.1. The summed E-state index contributed by atoms with van der Waals surface area (Å²) in [5, 5.41) is 9.09. The molecule has 1 aromatic rings. The Morgan fingerprint density at radius 3 is 2.59 bits per heavy atom. The first-order valence-electron chi connectivity index (χ1n) is 10.5. The SMILES string of the molecule is C[C@H]1C(Oc2ccc(C(=O)O)cc2)O[C@@H]2O[C@]3(C)CC[C@H]4[C@H](C)CCC1C24OO3. The van der Waals surface area contributed by atoms with Gasteiger partial charge in [0.1, 0.15) is 5.75 Å². The van der Waals surface area contributed by atoms with Crippen LogP contribution in [0.4, 0.5) is 0 Å². The number of hydrogen-bond acceptors (Lipinski definition) is 6. The fraction of sp³-hybridized carbons (Fsp3) is 0.682. The quantitative estimate of drug-likeness (QED) is 0.763. The molecule has 5 aliphatic rings. The number of carboxylic acid groups (broad SMARTS) is 1. The fourth-order valence-electron chi connectivity index (χ4n) is 5.82. The highest BCUT2D eigenvalue weighted by Crippen LogP contribution is 2.60. The van der Waals surface area contributed by atoms with Crippen LogP contribution in [0.25, 0.3) is 0 Å². The van der Waals surface area contributed by atoms with Crippen molar-refractivity contribution in [3.63, 3.8) is 0 Å². The molecule has 4 aliphatic heterocycles. The van der Waals surface area contributed by atoms with Gasteiger partial charge in [-0.25, -0.2) is 14.6 Å². The summed E-state index contributed by atoms with van der Waals surface area (Å²) in [6.45, 7) is 6.31. The van der Waals surface area contributed by atoms with E-state index in [2.05, 4.69) is 13.8 Å². The van der Waals surface area contributed by atoms with Crippen LogP contribution in [0.1, 0.15) is 56.8 Å². The Bertz CT molecular complexity index is 795. The van der Waals surface area contributed by atoms with Gasteiger partial charge in [0.25, 0.3) is 0 Å². The van der Waals surface area contributed by atoms with Crippen LogP contribution in [0, 0.1) is 23.7 Å². The lowest BCUT2D eigenvalue weighted by atomic mass is 9.58. The first kappa shape index (κ1) is 19.3. The van der Waals surface area contributed by atoms with Crippen LogP contribution in [-0.4, -0.2) is 35.0 Å². The second kappa shape index (κ2) is 6.67. The monoisotopic (exact) mass is 404 g/mol. The summed E-state index contributed by atoms with van der Waals surface area (Å²) in [5.74, 6) is -0.121. The third-order valence-corrected chi connectivity index (χ3v) is 7.45. The van der Waals surface area contributed by atoms with Gasteiger partial charge in [-0.15, -0.1) is 0 Å². The average molecular weight is 404 g/mol. The Labute approximate surface area is 170 Å². The Kier molecular flexibility index (Phi) is 4.44. The molecule has 8 atom stereocenters. The third-order valence-electron chi connectivity index (χ3n) is 7.45. The second-order valence-corrected chi connectivity index (χ2v) is 9.22. The van der Waals surface area contributed by atoms with E-state index in [-0.39, 0.29) is 17.4 Å². The van der Waals surface area contributed by atoms with Crippen LogP contribution in [0.5, 0.6) is 5.75 Å². The highest BCUT2D eigenvalue weighted by atomic mass is 17.3. The first-order valence-corrected chi connectivity index (χ1v) is 10.5. The molecule has 4 heterocycles. The summed E-state index contributed by atoms with van der Waals surface area (Å²) in [4.78, 5) is 23.0. The van der Waals surface area contributed by atoms with E-state index in [1.54, 1.807) is 12.1 Å². The zero-order chi connectivity index (χ0) is 20.4. The average Bonchev–Trinajstić information content (AvgIpc) is 2.92. The lowest BCUT2D eigenvalue weighted by molar-refractivity contribution is -0.575. The lowest BCUT2D eigenvalue weighted by Crippen LogP contribution is -2.70. The Morgan fingerprint density at radius 1 is 1.10 bits per heavy atom. The number of ether oxygens (including phenoxy) is 3. The van der Waals surface area contributed by atoms with E-state index in [0.717, 1.165) is 25.7 Å². The highest BCUT2D eigenvalue weighted by Gasteiger charge is 2.69. The number of aromatic carboxylic acids is 1. The predicted molar refractivity (Wildman–Crippen MR) is 101 cm³/mol. The molecule has 29 heavy (non-hydrogen) atoms. The number of carbonyl (C=O) groups is 1. The molecule has 0 aromatic heterocycles. The number of fused-ring (bicyclic) bond motifs is 2. The summed E-state index contributed by atoms with van der Waals surface area (Å²) in [6.07, 6.45) is 2.83. The molecule has 1 spiro atoms. The maximum Gasteiger partial charge on any atom is 0.335 e. The second-order valence-electron chi connectivity index (χ2n) is 9.22. The topological polar surface area (TPSA) is 83.5 Å². The summed E-state index contributed by atoms with van der Waals surface area (Å²) in [5.41, 5.74) is -0.388. The predicted octanol–water partition coefficient (Wildman–Crippen LogP) is 3.97. The minimum atomic E-state index is -0.962. The minimum Gasteiger partial charge on any atom is -0.478 e. The molecule has 3 unspecified atom stereocenters. The summed E-state index contributed by atoms with van der Waals surface area (Å²) >= 11 is 0. The van der Waals surface area contributed by atoms with Crippen molar-refractivity contribution in [1.82, 2.24) is 0 Å². The van der Waals surface area contributed by atoms with Crippen LogP contribution in [0.2, 0.25) is 0 Å². The van der Waals surface area contributed by atoms with E-state index in [1.165, 1.54) is 12.1 Å². The molecule has 2 bridgehead atoms. The summed E-state index contributed by atoms with van der Waals surface area (Å²) in [7, 11) is 0. The van der Waals surface area contributed by atoms with Gasteiger partial charge in [0.15, 0.2) is 11.9 Å². The number of benzene rings is 1.